The van der Waals surface area contributed by atoms with E-state index < -0.39 is 18.2 Å². The van der Waals surface area contributed by atoms with Crippen molar-refractivity contribution in [2.75, 3.05) is 6.61 Å². The summed E-state index contributed by atoms with van der Waals surface area (Å²) in [6.07, 6.45) is -0.209. The summed E-state index contributed by atoms with van der Waals surface area (Å²) in [5.74, 6) is -1.60. The zero-order chi connectivity index (χ0) is 7.49. The van der Waals surface area contributed by atoms with E-state index >= 15 is 0 Å². The maximum atomic E-state index is 12.5. The number of carbonyl (C=O) groups is 1. The first kappa shape index (κ1) is 8.36. The monoisotopic (exact) mass is 136 g/mol. The summed E-state index contributed by atoms with van der Waals surface area (Å²) in [6.45, 7) is 0.406. The number of carboxylic acids is 1. The van der Waals surface area contributed by atoms with Gasteiger partial charge in [0.2, 0.25) is 5.67 Å². The first-order valence-corrected chi connectivity index (χ1v) is 2.60. The van der Waals surface area contributed by atoms with Crippen LogP contribution in [0.25, 0.3) is 0 Å². The Balaban J connectivity index is 4.09. The lowest BCUT2D eigenvalue weighted by Crippen LogP contribution is -2.36. The third-order valence-corrected chi connectivity index (χ3v) is 1.19. The molecule has 0 fully saturated rings. The van der Waals surface area contributed by atoms with Crippen LogP contribution in [-0.2, 0) is 4.79 Å². The van der Waals surface area contributed by atoms with E-state index in [1.165, 1.54) is 6.92 Å². The molecular formula is C5H9FO3. The van der Waals surface area contributed by atoms with Gasteiger partial charge < -0.3 is 10.2 Å². The van der Waals surface area contributed by atoms with Crippen LogP contribution >= 0.6 is 0 Å². The number of alkyl halides is 1. The predicted octanol–water partition coefficient (Wildman–Crippen LogP) is 0.182. The van der Waals surface area contributed by atoms with Gasteiger partial charge >= 0.3 is 5.97 Å². The van der Waals surface area contributed by atoms with E-state index in [-0.39, 0.29) is 6.42 Å². The molecule has 0 aromatic carbocycles. The number of aliphatic hydroxyl groups excluding tert-OH is 1. The van der Waals surface area contributed by atoms with Crippen LogP contribution in [0.5, 0.6) is 0 Å². The molecule has 0 radical (unpaired) electrons. The molecule has 0 amide bonds. The first-order valence-electron chi connectivity index (χ1n) is 2.60. The second-order valence-corrected chi connectivity index (χ2v) is 1.78. The third-order valence-electron chi connectivity index (χ3n) is 1.19. The molecule has 0 aromatic heterocycles. The highest BCUT2D eigenvalue weighted by molar-refractivity contribution is 5.77. The maximum Gasteiger partial charge on any atom is 0.343 e. The average molecular weight is 136 g/mol. The van der Waals surface area contributed by atoms with Crippen molar-refractivity contribution in [3.05, 3.63) is 0 Å². The van der Waals surface area contributed by atoms with Crippen LogP contribution < -0.4 is 0 Å². The molecule has 1 unspecified atom stereocenters. The van der Waals surface area contributed by atoms with Gasteiger partial charge in [0, 0.05) is 0 Å². The minimum absolute atomic E-state index is 0.209. The van der Waals surface area contributed by atoms with Gasteiger partial charge in [-0.05, 0) is 6.42 Å². The summed E-state index contributed by atoms with van der Waals surface area (Å²) >= 11 is 0. The van der Waals surface area contributed by atoms with Crippen molar-refractivity contribution in [2.24, 2.45) is 0 Å². The lowest BCUT2D eigenvalue weighted by Gasteiger charge is -2.13. The average Bonchev–Trinajstić information content (AvgIpc) is 1.86. The Hall–Kier alpha value is -0.640. The summed E-state index contributed by atoms with van der Waals surface area (Å²) in [4.78, 5) is 9.95. The molecule has 0 saturated heterocycles. The number of carboxylic acid groups (broad SMARTS) is 1. The fourth-order valence-electron chi connectivity index (χ4n) is 0.331. The Morgan fingerprint density at radius 1 is 1.78 bits per heavy atom. The van der Waals surface area contributed by atoms with Crippen molar-refractivity contribution < 1.29 is 19.4 Å². The molecule has 0 heterocycles. The Labute approximate surface area is 52.1 Å². The fraction of sp³-hybridized carbons (Fsp3) is 0.800. The van der Waals surface area contributed by atoms with Crippen molar-refractivity contribution in [1.29, 1.82) is 0 Å². The molecule has 0 aliphatic rings. The highest BCUT2D eigenvalue weighted by atomic mass is 19.1. The number of hydrogen-bond acceptors (Lipinski definition) is 2. The van der Waals surface area contributed by atoms with Gasteiger partial charge in [0.25, 0.3) is 0 Å². The maximum absolute atomic E-state index is 12.5. The number of halogens is 1. The summed E-state index contributed by atoms with van der Waals surface area (Å²) in [6, 6.07) is 0. The van der Waals surface area contributed by atoms with Gasteiger partial charge in [-0.3, -0.25) is 0 Å². The van der Waals surface area contributed by atoms with Crippen molar-refractivity contribution in [1.82, 2.24) is 0 Å². The van der Waals surface area contributed by atoms with E-state index in [1.807, 2.05) is 0 Å². The van der Waals surface area contributed by atoms with E-state index in [0.29, 0.717) is 0 Å². The van der Waals surface area contributed by atoms with Gasteiger partial charge in [-0.1, -0.05) is 6.92 Å². The molecular weight excluding hydrogens is 127 g/mol. The molecule has 0 aliphatic heterocycles. The van der Waals surface area contributed by atoms with Gasteiger partial charge in [-0.25, -0.2) is 9.18 Å². The van der Waals surface area contributed by atoms with Crippen LogP contribution in [0, 0.1) is 0 Å². The zero-order valence-corrected chi connectivity index (χ0v) is 5.09. The minimum atomic E-state index is -2.44. The van der Waals surface area contributed by atoms with Crippen LogP contribution in [0.1, 0.15) is 13.3 Å². The lowest BCUT2D eigenvalue weighted by atomic mass is 10.1. The Kier molecular flexibility index (Phi) is 2.58. The molecule has 9 heavy (non-hydrogen) atoms. The van der Waals surface area contributed by atoms with Crippen LogP contribution in [0.2, 0.25) is 0 Å². The number of aliphatic hydroxyl groups is 1. The summed E-state index contributed by atoms with van der Waals surface area (Å²) in [5, 5.41) is 16.3. The van der Waals surface area contributed by atoms with E-state index in [4.69, 9.17) is 10.2 Å². The summed E-state index contributed by atoms with van der Waals surface area (Å²) in [7, 11) is 0. The van der Waals surface area contributed by atoms with Gasteiger partial charge in [0.15, 0.2) is 0 Å². The van der Waals surface area contributed by atoms with Crippen LogP contribution in [0.3, 0.4) is 0 Å². The van der Waals surface area contributed by atoms with Crippen LogP contribution in [0.4, 0.5) is 4.39 Å². The lowest BCUT2D eigenvalue weighted by molar-refractivity contribution is -0.153. The molecule has 2 N–H and O–H groups in total. The Morgan fingerprint density at radius 2 is 2.22 bits per heavy atom. The molecule has 0 aliphatic carbocycles. The number of hydrogen-bond donors (Lipinski definition) is 2. The number of aliphatic carboxylic acids is 1. The van der Waals surface area contributed by atoms with E-state index in [9.17, 15) is 9.18 Å². The first-order chi connectivity index (χ1) is 4.06. The van der Waals surface area contributed by atoms with Crippen LogP contribution in [0.15, 0.2) is 0 Å². The summed E-state index contributed by atoms with van der Waals surface area (Å²) in [5.41, 5.74) is -2.44. The zero-order valence-electron chi connectivity index (χ0n) is 5.09. The molecule has 0 spiro atoms. The quantitative estimate of drug-likeness (QED) is 0.582. The highest BCUT2D eigenvalue weighted by Crippen LogP contribution is 2.14. The van der Waals surface area contributed by atoms with Crippen molar-refractivity contribution in [2.45, 2.75) is 19.0 Å². The second kappa shape index (κ2) is 2.77. The standard InChI is InChI=1S/C5H9FO3/c1-2-5(6,3-7)4(8)9/h7H,2-3H2,1H3,(H,8,9). The molecule has 4 heteroatoms. The highest BCUT2D eigenvalue weighted by Gasteiger charge is 2.35. The van der Waals surface area contributed by atoms with Crippen molar-refractivity contribution >= 4 is 5.97 Å². The Bertz CT molecular complexity index is 109. The largest absolute Gasteiger partial charge is 0.479 e. The van der Waals surface area contributed by atoms with Crippen LogP contribution in [-0.4, -0.2) is 28.5 Å². The molecule has 0 bridgehead atoms. The van der Waals surface area contributed by atoms with E-state index in [0.717, 1.165) is 0 Å². The van der Waals surface area contributed by atoms with Gasteiger partial charge in [0.1, 0.15) is 0 Å². The minimum Gasteiger partial charge on any atom is -0.479 e. The van der Waals surface area contributed by atoms with Crippen molar-refractivity contribution in [3.63, 3.8) is 0 Å². The fourth-order valence-corrected chi connectivity index (χ4v) is 0.331. The van der Waals surface area contributed by atoms with E-state index in [1.54, 1.807) is 0 Å². The van der Waals surface area contributed by atoms with Gasteiger partial charge in [-0.15, -0.1) is 0 Å². The smallest absolute Gasteiger partial charge is 0.343 e. The molecule has 54 valence electrons. The molecule has 0 aromatic rings. The topological polar surface area (TPSA) is 57.5 Å². The second-order valence-electron chi connectivity index (χ2n) is 1.78. The number of rotatable bonds is 3. The van der Waals surface area contributed by atoms with Gasteiger partial charge in [-0.2, -0.15) is 0 Å². The van der Waals surface area contributed by atoms with Gasteiger partial charge in [0.05, 0.1) is 6.61 Å². The molecule has 3 nitrogen and oxygen atoms in total. The molecule has 1 atom stereocenters. The normalized spacial score (nSPS) is 16.8. The van der Waals surface area contributed by atoms with E-state index in [2.05, 4.69) is 0 Å². The SMILES string of the molecule is CCC(F)(CO)C(=O)O. The predicted molar refractivity (Wildman–Crippen MR) is 28.9 cm³/mol. The molecule has 0 rings (SSSR count). The third kappa shape index (κ3) is 1.64. The molecule has 0 saturated carbocycles. The summed E-state index contributed by atoms with van der Waals surface area (Å²) < 4.78 is 12.5. The van der Waals surface area contributed by atoms with Crippen molar-refractivity contribution in [3.8, 4) is 0 Å². The Morgan fingerprint density at radius 3 is 2.22 bits per heavy atom.